The molecule has 1 spiro atoms. The van der Waals surface area contributed by atoms with Crippen molar-refractivity contribution in [2.45, 2.75) is 17.8 Å². The molecular formula is C121H78B4. The van der Waals surface area contributed by atoms with Gasteiger partial charge in [-0.25, -0.2) is 0 Å². The monoisotopic (exact) mass is 1570 g/mol. The van der Waals surface area contributed by atoms with Crippen molar-refractivity contribution in [2.75, 3.05) is 0 Å². The Kier molecular flexibility index (Phi) is 16.3. The Hall–Kier alpha value is -15.1. The Morgan fingerprint density at radius 2 is 0.456 bits per heavy atom. The van der Waals surface area contributed by atoms with Crippen LogP contribution in [0.3, 0.4) is 0 Å². The minimum Gasteiger partial charge on any atom is -0.0772 e. The largest absolute Gasteiger partial charge is 0.243 e. The van der Waals surface area contributed by atoms with Gasteiger partial charge in [0.25, 0.3) is 0 Å². The first kappa shape index (κ1) is 71.6. The first-order valence-corrected chi connectivity index (χ1v) is 44.4. The average molecular weight is 1580 g/mol. The van der Waals surface area contributed by atoms with Crippen molar-refractivity contribution in [3.8, 4) is 134 Å². The smallest absolute Gasteiger partial charge is 0.0772 e. The summed E-state index contributed by atoms with van der Waals surface area (Å²) in [6.07, 6.45) is 5.99. The third kappa shape index (κ3) is 11.1. The van der Waals surface area contributed by atoms with Crippen molar-refractivity contribution < 1.29 is 0 Å². The number of benzene rings is 19. The van der Waals surface area contributed by atoms with Gasteiger partial charge in [-0.3, -0.25) is 0 Å². The molecule has 3 aliphatic carbocycles. The van der Waals surface area contributed by atoms with Crippen LogP contribution in [0.1, 0.15) is 45.7 Å². The molecule has 2 unspecified atom stereocenters. The molecule has 4 heteroatoms. The highest BCUT2D eigenvalue weighted by atomic mass is 14.5. The summed E-state index contributed by atoms with van der Waals surface area (Å²) < 4.78 is 0. The molecular weight excluding hydrogens is 1500 g/mol. The van der Waals surface area contributed by atoms with Gasteiger partial charge >= 0.3 is 0 Å². The van der Waals surface area contributed by atoms with E-state index in [1.165, 1.54) is 238 Å². The van der Waals surface area contributed by atoms with E-state index >= 15 is 0 Å². The molecule has 574 valence electrons. The minimum atomic E-state index is -0.861. The van der Waals surface area contributed by atoms with Crippen molar-refractivity contribution in [1.82, 2.24) is 0 Å². The lowest BCUT2D eigenvalue weighted by Gasteiger charge is -2.33. The van der Waals surface area contributed by atoms with Gasteiger partial charge in [-0.1, -0.05) is 478 Å². The van der Waals surface area contributed by atoms with Crippen LogP contribution in [0.4, 0.5) is 0 Å². The fourth-order valence-corrected chi connectivity index (χ4v) is 23.5. The van der Waals surface area contributed by atoms with Gasteiger partial charge in [-0.05, 0) is 221 Å². The normalized spacial score (nSPS) is 15.2. The Labute approximate surface area is 732 Å². The zero-order valence-corrected chi connectivity index (χ0v) is 68.9. The topological polar surface area (TPSA) is 0 Å². The highest BCUT2D eigenvalue weighted by Crippen LogP contribution is 2.63. The summed E-state index contributed by atoms with van der Waals surface area (Å²) in [5, 5.41) is 0. The fourth-order valence-electron chi connectivity index (χ4n) is 23.5. The van der Waals surface area contributed by atoms with E-state index < -0.39 is 5.41 Å². The molecule has 0 fully saturated rings. The Bertz CT molecular complexity index is 7450. The van der Waals surface area contributed by atoms with E-state index in [4.69, 9.17) is 0 Å². The van der Waals surface area contributed by atoms with Crippen LogP contribution in [-0.4, -0.2) is 26.9 Å². The zero-order valence-electron chi connectivity index (χ0n) is 68.9. The van der Waals surface area contributed by atoms with Crippen LogP contribution in [0.2, 0.25) is 0 Å². The molecule has 0 N–H and O–H groups in total. The molecule has 125 heavy (non-hydrogen) atoms. The van der Waals surface area contributed by atoms with Crippen LogP contribution in [0.15, 0.2) is 460 Å². The summed E-state index contributed by atoms with van der Waals surface area (Å²) in [7, 11) is 0. The zero-order chi connectivity index (χ0) is 82.0. The summed E-state index contributed by atoms with van der Waals surface area (Å²) >= 11 is 0. The molecule has 0 nitrogen and oxygen atoms in total. The molecule has 4 aliphatic heterocycles. The van der Waals surface area contributed by atoms with Crippen LogP contribution in [0, 0.1) is 0 Å². The fraction of sp³-hybridized carbons (Fsp3) is 0.0248. The van der Waals surface area contributed by atoms with Crippen LogP contribution < -0.4 is 60.1 Å². The number of rotatable bonds is 12. The van der Waals surface area contributed by atoms with Crippen molar-refractivity contribution in [1.29, 1.82) is 0 Å². The van der Waals surface area contributed by atoms with Crippen LogP contribution in [-0.2, 0) is 5.41 Å². The standard InChI is InChI=1S/C121H78B4/c1-9-29-77(30-10-1)85-49-57-109-97(65-85)98-66-86(78-31-11-2-12-32-78)50-58-110(98)122(109)93-73-107-119(117(75-93)124-113-61-53-89(81-37-17-5-18-38-81)69-101(113)102-70-90(54-62-114(102)124)82-39-19-6-20-40-82)95-45-25-27-47-105(95)121(107)106-48-28-26-46-96(106)120-108(121)74-94(123-111-59-51-87(79-33-13-3-14-34-79)67-99(111)100-68-88(52-60-112(100)123)80-35-15-4-16-36-80)76-118(120)125-115-63-55-91(83-41-21-7-22-42-83)71-103(115)104-72-92(56-64-116(104)125)84-43-23-8-24-44-84/h1-67,69-76,88H,68H2. The quantitative estimate of drug-likeness (QED) is 0.107. The van der Waals surface area contributed by atoms with Crippen molar-refractivity contribution in [3.05, 3.63) is 494 Å². The average Bonchev–Trinajstić information content (AvgIpc) is 1.49. The van der Waals surface area contributed by atoms with E-state index in [1.807, 2.05) is 0 Å². The third-order valence-electron chi connectivity index (χ3n) is 29.0. The van der Waals surface area contributed by atoms with E-state index in [-0.39, 0.29) is 32.8 Å². The third-order valence-corrected chi connectivity index (χ3v) is 29.0. The second-order valence-corrected chi connectivity index (χ2v) is 35.3. The molecule has 19 aromatic rings. The SMILES string of the molecule is C1=CC(c2ccccc2)CC2=C1B(c1cc(B3c4ccc(-c5ccccc5)cc4-c4cc(-c5ccccc5)ccc43)c3c(c1)C1(c4ccccc4-3)c3ccccc3-c3c(B4c5ccc(-c6ccccc6)cc5-c5cc(-c6ccccc6)ccc54)cc(B4c5ccc(-c6ccccc6)cc5-c5cc(-c6ccccc6)ccc54)cc31)c1ccc(-c3ccccc3)cc12. The Morgan fingerprint density at radius 1 is 0.192 bits per heavy atom. The first-order valence-electron chi connectivity index (χ1n) is 44.4. The van der Waals surface area contributed by atoms with E-state index in [0.717, 1.165) is 6.42 Å². The van der Waals surface area contributed by atoms with Crippen molar-refractivity contribution >= 4 is 92.5 Å². The molecule has 7 aliphatic rings. The summed E-state index contributed by atoms with van der Waals surface area (Å²) in [5.41, 5.74) is 54.5. The predicted octanol–water partition coefficient (Wildman–Crippen LogP) is 21.8. The molecule has 0 bridgehead atoms. The first-order chi connectivity index (χ1) is 62.0. The Morgan fingerprint density at radius 3 is 0.776 bits per heavy atom. The molecule has 0 radical (unpaired) electrons. The number of hydrogen-bond donors (Lipinski definition) is 0. The molecule has 2 atom stereocenters. The lowest BCUT2D eigenvalue weighted by Crippen LogP contribution is -2.55. The molecule has 4 heterocycles. The van der Waals surface area contributed by atoms with Gasteiger partial charge in [0.15, 0.2) is 0 Å². The second kappa shape index (κ2) is 28.5. The van der Waals surface area contributed by atoms with Crippen molar-refractivity contribution in [2.24, 2.45) is 0 Å². The summed E-state index contributed by atoms with van der Waals surface area (Å²) in [4.78, 5) is 0. The van der Waals surface area contributed by atoms with Crippen LogP contribution >= 0.6 is 0 Å². The van der Waals surface area contributed by atoms with E-state index in [9.17, 15) is 0 Å². The maximum atomic E-state index is 2.78. The summed E-state index contributed by atoms with van der Waals surface area (Å²) in [6, 6.07) is 171. The van der Waals surface area contributed by atoms with Gasteiger partial charge in [0, 0.05) is 5.92 Å². The highest BCUT2D eigenvalue weighted by Gasteiger charge is 2.56. The van der Waals surface area contributed by atoms with Gasteiger partial charge in [0.1, 0.15) is 0 Å². The number of allylic oxidation sites excluding steroid dienone is 4. The van der Waals surface area contributed by atoms with E-state index in [2.05, 4.69) is 455 Å². The van der Waals surface area contributed by atoms with Crippen molar-refractivity contribution in [3.63, 3.8) is 0 Å². The minimum absolute atomic E-state index is 0.108. The molecule has 19 aromatic carbocycles. The van der Waals surface area contributed by atoms with Crippen LogP contribution in [0.5, 0.6) is 0 Å². The second-order valence-electron chi connectivity index (χ2n) is 35.3. The molecule has 0 aromatic heterocycles. The molecule has 0 saturated carbocycles. The summed E-state index contributed by atoms with van der Waals surface area (Å²) in [6.45, 7) is -0.587. The molecule has 0 saturated heterocycles. The summed E-state index contributed by atoms with van der Waals surface area (Å²) in [5.74, 6) is 0.212. The number of fused-ring (bicyclic) bond motifs is 21. The molecule has 26 rings (SSSR count). The maximum absolute atomic E-state index is 2.78. The van der Waals surface area contributed by atoms with Gasteiger partial charge < -0.3 is 0 Å². The van der Waals surface area contributed by atoms with Gasteiger partial charge in [-0.15, -0.1) is 0 Å². The maximum Gasteiger partial charge on any atom is 0.243 e. The highest BCUT2D eigenvalue weighted by molar-refractivity contribution is 7.03. The Balaban J connectivity index is 0.785. The van der Waals surface area contributed by atoms with Crippen LogP contribution in [0.25, 0.3) is 139 Å². The lowest BCUT2D eigenvalue weighted by molar-refractivity contribution is 0.796. The van der Waals surface area contributed by atoms with Gasteiger partial charge in [0.05, 0.1) is 5.41 Å². The van der Waals surface area contributed by atoms with E-state index in [1.54, 1.807) is 0 Å². The predicted molar refractivity (Wildman–Crippen MR) is 532 cm³/mol. The van der Waals surface area contributed by atoms with Gasteiger partial charge in [0.2, 0.25) is 26.9 Å². The van der Waals surface area contributed by atoms with Gasteiger partial charge in [-0.2, -0.15) is 0 Å². The lowest BCUT2D eigenvalue weighted by atomic mass is 9.34. The molecule has 0 amide bonds. The van der Waals surface area contributed by atoms with E-state index in [0.29, 0.717) is 0 Å². The number of hydrogen-bond acceptors (Lipinski definition) is 0.